The Labute approximate surface area is 155 Å². The van der Waals surface area contributed by atoms with Crippen LogP contribution in [0.4, 0.5) is 0 Å². The zero-order valence-corrected chi connectivity index (χ0v) is 15.4. The van der Waals surface area contributed by atoms with Gasteiger partial charge in [-0.05, 0) is 37.3 Å². The maximum Gasteiger partial charge on any atom is 0.359 e. The highest BCUT2D eigenvalue weighted by atomic mass is 32.2. The van der Waals surface area contributed by atoms with Gasteiger partial charge in [0.15, 0.2) is 5.69 Å². The molecule has 0 aliphatic carbocycles. The van der Waals surface area contributed by atoms with E-state index in [0.29, 0.717) is 18.1 Å². The van der Waals surface area contributed by atoms with Gasteiger partial charge in [-0.3, -0.25) is 0 Å². The molecule has 2 heterocycles. The number of nitrogens with zero attached hydrogens (tertiary/aromatic N) is 2. The molecule has 0 saturated carbocycles. The Hall–Kier alpha value is -2.73. The number of esters is 1. The first-order chi connectivity index (χ1) is 12.7. The number of fused-ring (bicyclic) bond motifs is 3. The van der Waals surface area contributed by atoms with E-state index < -0.39 is 0 Å². The summed E-state index contributed by atoms with van der Waals surface area (Å²) >= 11 is 1.68. The van der Waals surface area contributed by atoms with E-state index in [4.69, 9.17) is 9.47 Å². The fourth-order valence-corrected chi connectivity index (χ4v) is 4.17. The average molecular weight is 366 g/mol. The average Bonchev–Trinajstić information content (AvgIpc) is 3.08. The van der Waals surface area contributed by atoms with E-state index in [1.807, 2.05) is 53.2 Å². The van der Waals surface area contributed by atoms with Gasteiger partial charge in [-0.1, -0.05) is 18.2 Å². The molecule has 0 bridgehead atoms. The number of hydrogen-bond donors (Lipinski definition) is 0. The van der Waals surface area contributed by atoms with Crippen LogP contribution in [-0.4, -0.2) is 29.5 Å². The van der Waals surface area contributed by atoms with Crippen LogP contribution in [0.5, 0.6) is 5.75 Å². The van der Waals surface area contributed by atoms with Gasteiger partial charge in [0, 0.05) is 21.8 Å². The Bertz CT molecular complexity index is 967. The molecule has 1 aromatic heterocycles. The molecule has 0 spiro atoms. The van der Waals surface area contributed by atoms with Crippen LogP contribution in [0.2, 0.25) is 0 Å². The maximum atomic E-state index is 12.4. The molecule has 0 amide bonds. The van der Waals surface area contributed by atoms with E-state index in [1.165, 1.54) is 0 Å². The number of carbonyl (C=O) groups excluding carboxylic acids is 1. The van der Waals surface area contributed by atoms with Crippen molar-refractivity contribution in [1.29, 1.82) is 0 Å². The Kier molecular flexibility index (Phi) is 4.42. The van der Waals surface area contributed by atoms with Crippen molar-refractivity contribution in [2.75, 3.05) is 13.7 Å². The summed E-state index contributed by atoms with van der Waals surface area (Å²) in [6.45, 7) is 2.13. The minimum Gasteiger partial charge on any atom is -0.497 e. The zero-order chi connectivity index (χ0) is 18.1. The van der Waals surface area contributed by atoms with Crippen LogP contribution in [-0.2, 0) is 10.5 Å². The summed E-state index contributed by atoms with van der Waals surface area (Å²) in [5.41, 5.74) is 4.20. The summed E-state index contributed by atoms with van der Waals surface area (Å²) in [5, 5.41) is 4.62. The van der Waals surface area contributed by atoms with Crippen LogP contribution in [0, 0.1) is 0 Å². The minimum absolute atomic E-state index is 0.326. The van der Waals surface area contributed by atoms with E-state index in [0.717, 1.165) is 33.2 Å². The molecule has 1 aliphatic rings. The van der Waals surface area contributed by atoms with Gasteiger partial charge in [0.25, 0.3) is 0 Å². The highest BCUT2D eigenvalue weighted by molar-refractivity contribution is 7.98. The molecule has 0 saturated heterocycles. The molecule has 0 unspecified atom stereocenters. The first-order valence-electron chi connectivity index (χ1n) is 8.38. The second-order valence-corrected chi connectivity index (χ2v) is 6.81. The molecule has 4 rings (SSSR count). The van der Waals surface area contributed by atoms with Gasteiger partial charge in [-0.2, -0.15) is 5.10 Å². The summed E-state index contributed by atoms with van der Waals surface area (Å²) < 4.78 is 12.4. The number of hydrogen-bond acceptors (Lipinski definition) is 5. The molecule has 132 valence electrons. The van der Waals surface area contributed by atoms with E-state index >= 15 is 0 Å². The summed E-state index contributed by atoms with van der Waals surface area (Å²) in [6, 6.07) is 15.8. The third-order valence-electron chi connectivity index (χ3n) is 4.27. The monoisotopic (exact) mass is 366 g/mol. The first kappa shape index (κ1) is 16.7. The van der Waals surface area contributed by atoms with Gasteiger partial charge in [0.1, 0.15) is 5.75 Å². The van der Waals surface area contributed by atoms with Crippen molar-refractivity contribution in [1.82, 2.24) is 9.78 Å². The molecule has 0 atom stereocenters. The van der Waals surface area contributed by atoms with E-state index in [1.54, 1.807) is 25.8 Å². The predicted octanol–water partition coefficient (Wildman–Crippen LogP) is 4.33. The highest BCUT2D eigenvalue weighted by Crippen LogP contribution is 2.45. The molecular weight excluding hydrogens is 348 g/mol. The molecule has 3 aromatic rings. The summed E-state index contributed by atoms with van der Waals surface area (Å²) in [4.78, 5) is 13.6. The normalized spacial score (nSPS) is 12.2. The van der Waals surface area contributed by atoms with Crippen molar-refractivity contribution < 1.29 is 14.3 Å². The molecule has 1 aliphatic heterocycles. The Morgan fingerprint density at radius 3 is 2.77 bits per heavy atom. The molecule has 2 aromatic carbocycles. The smallest absolute Gasteiger partial charge is 0.359 e. The number of carbonyl (C=O) groups is 1. The van der Waals surface area contributed by atoms with Gasteiger partial charge in [0.05, 0.1) is 25.1 Å². The number of para-hydroxylation sites is 1. The van der Waals surface area contributed by atoms with Crippen LogP contribution in [0.3, 0.4) is 0 Å². The van der Waals surface area contributed by atoms with Crippen molar-refractivity contribution in [2.24, 2.45) is 0 Å². The molecule has 0 N–H and O–H groups in total. The van der Waals surface area contributed by atoms with Gasteiger partial charge >= 0.3 is 5.97 Å². The SMILES string of the molecule is CCOC(=O)c1nn(-c2ccccc2)c2c1CSc1cc(OC)ccc1-2. The number of ether oxygens (including phenoxy) is 2. The lowest BCUT2D eigenvalue weighted by Gasteiger charge is -2.19. The Morgan fingerprint density at radius 2 is 2.04 bits per heavy atom. The fraction of sp³-hybridized carbons (Fsp3) is 0.200. The van der Waals surface area contributed by atoms with E-state index in [-0.39, 0.29) is 5.97 Å². The first-order valence-corrected chi connectivity index (χ1v) is 9.37. The van der Waals surface area contributed by atoms with E-state index in [9.17, 15) is 4.79 Å². The highest BCUT2D eigenvalue weighted by Gasteiger charge is 2.30. The van der Waals surface area contributed by atoms with Gasteiger partial charge in [0.2, 0.25) is 0 Å². The lowest BCUT2D eigenvalue weighted by Crippen LogP contribution is -2.08. The van der Waals surface area contributed by atoms with Crippen molar-refractivity contribution >= 4 is 17.7 Å². The minimum atomic E-state index is -0.379. The van der Waals surface area contributed by atoms with Crippen molar-refractivity contribution in [3.05, 3.63) is 59.8 Å². The third-order valence-corrected chi connectivity index (χ3v) is 5.35. The van der Waals surface area contributed by atoms with Crippen LogP contribution in [0.15, 0.2) is 53.4 Å². The molecule has 0 radical (unpaired) electrons. The number of aromatic nitrogens is 2. The maximum absolute atomic E-state index is 12.4. The quantitative estimate of drug-likeness (QED) is 0.643. The second kappa shape index (κ2) is 6.88. The zero-order valence-electron chi connectivity index (χ0n) is 14.6. The predicted molar refractivity (Wildman–Crippen MR) is 101 cm³/mol. The summed E-state index contributed by atoms with van der Waals surface area (Å²) in [5.74, 6) is 1.10. The Balaban J connectivity index is 1.94. The Morgan fingerprint density at radius 1 is 1.23 bits per heavy atom. The number of thioether (sulfide) groups is 1. The number of rotatable bonds is 4. The molecular formula is C20H18N2O3S. The van der Waals surface area contributed by atoms with Gasteiger partial charge < -0.3 is 9.47 Å². The van der Waals surface area contributed by atoms with Gasteiger partial charge in [-0.25, -0.2) is 9.48 Å². The van der Waals surface area contributed by atoms with Crippen LogP contribution >= 0.6 is 11.8 Å². The topological polar surface area (TPSA) is 53.3 Å². The molecule has 5 nitrogen and oxygen atoms in total. The fourth-order valence-electron chi connectivity index (χ4n) is 3.08. The van der Waals surface area contributed by atoms with Gasteiger partial charge in [-0.15, -0.1) is 11.8 Å². The van der Waals surface area contributed by atoms with Crippen LogP contribution in [0.1, 0.15) is 23.0 Å². The van der Waals surface area contributed by atoms with Crippen LogP contribution < -0.4 is 4.74 Å². The van der Waals surface area contributed by atoms with Crippen molar-refractivity contribution in [2.45, 2.75) is 17.6 Å². The van der Waals surface area contributed by atoms with Crippen molar-refractivity contribution in [3.8, 4) is 22.7 Å². The standard InChI is InChI=1S/C20H18N2O3S/c1-3-25-20(23)18-16-12-26-17-11-14(24-2)9-10-15(17)19(16)22(21-18)13-7-5-4-6-8-13/h4-11H,3,12H2,1-2H3. The number of benzene rings is 2. The lowest BCUT2D eigenvalue weighted by atomic mass is 10.1. The third kappa shape index (κ3) is 2.76. The number of methoxy groups -OCH3 is 1. The molecule has 6 heteroatoms. The summed E-state index contributed by atoms with van der Waals surface area (Å²) in [6.07, 6.45) is 0. The molecule has 0 fully saturated rings. The van der Waals surface area contributed by atoms with Crippen molar-refractivity contribution in [3.63, 3.8) is 0 Å². The lowest BCUT2D eigenvalue weighted by molar-refractivity contribution is 0.0518. The molecule has 26 heavy (non-hydrogen) atoms. The van der Waals surface area contributed by atoms with E-state index in [2.05, 4.69) is 5.10 Å². The largest absolute Gasteiger partial charge is 0.497 e. The van der Waals surface area contributed by atoms with Crippen LogP contribution in [0.25, 0.3) is 16.9 Å². The second-order valence-electron chi connectivity index (χ2n) is 5.79. The summed E-state index contributed by atoms with van der Waals surface area (Å²) in [7, 11) is 1.66.